The molecule has 1 heterocycles. The first-order chi connectivity index (χ1) is 9.95. The summed E-state index contributed by atoms with van der Waals surface area (Å²) in [6.45, 7) is 0.856. The van der Waals surface area contributed by atoms with E-state index in [2.05, 4.69) is 24.3 Å². The molecule has 1 saturated carbocycles. The van der Waals surface area contributed by atoms with Gasteiger partial charge in [-0.05, 0) is 38.6 Å². The molecule has 116 valence electrons. The summed E-state index contributed by atoms with van der Waals surface area (Å²) < 4.78 is 24.4. The maximum absolute atomic E-state index is 12.2. The van der Waals surface area contributed by atoms with Crippen molar-refractivity contribution in [3.63, 3.8) is 0 Å². The van der Waals surface area contributed by atoms with Gasteiger partial charge in [-0.1, -0.05) is 31.0 Å². The molecule has 0 amide bonds. The van der Waals surface area contributed by atoms with E-state index >= 15 is 0 Å². The second kappa shape index (κ2) is 5.38. The van der Waals surface area contributed by atoms with Crippen molar-refractivity contribution in [2.45, 2.75) is 42.2 Å². The van der Waals surface area contributed by atoms with E-state index in [4.69, 9.17) is 0 Å². The number of rotatable bonds is 4. The van der Waals surface area contributed by atoms with Gasteiger partial charge in [0.2, 0.25) is 0 Å². The first kappa shape index (κ1) is 15.0. The lowest BCUT2D eigenvalue weighted by Gasteiger charge is -2.37. The Morgan fingerprint density at radius 1 is 1.24 bits per heavy atom. The van der Waals surface area contributed by atoms with Gasteiger partial charge in [-0.3, -0.25) is 0 Å². The highest BCUT2D eigenvalue weighted by Gasteiger charge is 2.39. The molecule has 21 heavy (non-hydrogen) atoms. The van der Waals surface area contributed by atoms with Crippen molar-refractivity contribution in [3.05, 3.63) is 29.8 Å². The highest BCUT2D eigenvalue weighted by atomic mass is 32.2. The molecule has 1 aromatic carbocycles. The molecule has 5 heteroatoms. The number of likely N-dealkylation sites (N-methyl/N-ethyl adjacent to an activating group) is 1. The lowest BCUT2D eigenvalue weighted by atomic mass is 9.95. The minimum atomic E-state index is -3.12. The van der Waals surface area contributed by atoms with Crippen LogP contribution in [0.15, 0.2) is 29.2 Å². The molecule has 0 saturated heterocycles. The molecule has 0 aromatic heterocycles. The number of fused-ring (bicyclic) bond motifs is 1. The fourth-order valence-corrected chi connectivity index (χ4v) is 5.52. The quantitative estimate of drug-likeness (QED) is 0.924. The van der Waals surface area contributed by atoms with Crippen molar-refractivity contribution in [2.75, 3.05) is 26.4 Å². The van der Waals surface area contributed by atoms with Crippen LogP contribution in [0.1, 0.15) is 37.3 Å². The summed E-state index contributed by atoms with van der Waals surface area (Å²) in [4.78, 5) is 2.82. The molecule has 0 bridgehead atoms. The van der Waals surface area contributed by atoms with Crippen LogP contribution in [-0.4, -0.2) is 45.2 Å². The molecule has 0 spiro atoms. The molecule has 1 aromatic rings. The first-order valence-electron chi connectivity index (χ1n) is 7.67. The van der Waals surface area contributed by atoms with Crippen molar-refractivity contribution in [1.82, 2.24) is 10.2 Å². The molecular weight excluding hydrogens is 284 g/mol. The van der Waals surface area contributed by atoms with E-state index in [1.807, 2.05) is 12.1 Å². The number of hydrogen-bond donors (Lipinski definition) is 1. The SMILES string of the molecule is CN(C)C1(CNC2CS(=O)(=O)c3ccccc32)CCCC1. The van der Waals surface area contributed by atoms with Gasteiger partial charge in [-0.25, -0.2) is 8.42 Å². The normalized spacial score (nSPS) is 26.1. The van der Waals surface area contributed by atoms with Crippen LogP contribution in [0.4, 0.5) is 0 Å². The summed E-state index contributed by atoms with van der Waals surface area (Å²) in [5, 5.41) is 3.54. The number of hydrogen-bond acceptors (Lipinski definition) is 4. The minimum Gasteiger partial charge on any atom is -0.307 e. The monoisotopic (exact) mass is 308 g/mol. The largest absolute Gasteiger partial charge is 0.307 e. The summed E-state index contributed by atoms with van der Waals surface area (Å²) in [6, 6.07) is 7.32. The second-order valence-electron chi connectivity index (χ2n) is 6.58. The Bertz CT molecular complexity index is 619. The Kier molecular flexibility index (Phi) is 3.84. The fraction of sp³-hybridized carbons (Fsp3) is 0.625. The molecule has 1 atom stereocenters. The van der Waals surface area contributed by atoms with E-state index in [-0.39, 0.29) is 17.3 Å². The number of sulfone groups is 1. The average molecular weight is 308 g/mol. The van der Waals surface area contributed by atoms with E-state index < -0.39 is 9.84 Å². The Balaban J connectivity index is 1.78. The molecule has 1 unspecified atom stereocenters. The topological polar surface area (TPSA) is 49.4 Å². The van der Waals surface area contributed by atoms with Gasteiger partial charge in [0.25, 0.3) is 0 Å². The number of nitrogens with one attached hydrogen (secondary N) is 1. The third-order valence-corrected chi connectivity index (χ3v) is 6.99. The highest BCUT2D eigenvalue weighted by Crippen LogP contribution is 2.36. The highest BCUT2D eigenvalue weighted by molar-refractivity contribution is 7.91. The third kappa shape index (κ3) is 2.62. The Labute approximate surface area is 127 Å². The fourth-order valence-electron chi connectivity index (χ4n) is 3.75. The van der Waals surface area contributed by atoms with Gasteiger partial charge in [0.05, 0.1) is 10.6 Å². The number of nitrogens with zero attached hydrogens (tertiary/aromatic N) is 1. The zero-order chi connectivity index (χ0) is 15.1. The van der Waals surface area contributed by atoms with Crippen molar-refractivity contribution < 1.29 is 8.42 Å². The van der Waals surface area contributed by atoms with Crippen LogP contribution in [0.3, 0.4) is 0 Å². The van der Waals surface area contributed by atoms with Crippen LogP contribution in [-0.2, 0) is 9.84 Å². The second-order valence-corrected chi connectivity index (χ2v) is 8.58. The van der Waals surface area contributed by atoms with Crippen LogP contribution in [0.2, 0.25) is 0 Å². The lowest BCUT2D eigenvalue weighted by molar-refractivity contribution is 0.150. The summed E-state index contributed by atoms with van der Waals surface area (Å²) in [5.74, 6) is 0.190. The van der Waals surface area contributed by atoms with Gasteiger partial charge >= 0.3 is 0 Å². The minimum absolute atomic E-state index is 0.0661. The molecule has 2 aliphatic rings. The van der Waals surface area contributed by atoms with E-state index in [9.17, 15) is 8.42 Å². The molecular formula is C16H24N2O2S. The lowest BCUT2D eigenvalue weighted by Crippen LogP contribution is -2.50. The van der Waals surface area contributed by atoms with Crippen molar-refractivity contribution in [1.29, 1.82) is 0 Å². The average Bonchev–Trinajstić information content (AvgIpc) is 3.02. The van der Waals surface area contributed by atoms with Crippen molar-refractivity contribution in [2.24, 2.45) is 0 Å². The van der Waals surface area contributed by atoms with Gasteiger partial charge < -0.3 is 10.2 Å². The zero-order valence-corrected chi connectivity index (χ0v) is 13.6. The number of benzene rings is 1. The summed E-state index contributed by atoms with van der Waals surface area (Å²) in [5.41, 5.74) is 1.12. The summed E-state index contributed by atoms with van der Waals surface area (Å²) >= 11 is 0. The van der Waals surface area contributed by atoms with Gasteiger partial charge in [0, 0.05) is 18.1 Å². The van der Waals surface area contributed by atoms with Crippen LogP contribution >= 0.6 is 0 Å². The predicted octanol–water partition coefficient (Wildman–Crippen LogP) is 1.98. The van der Waals surface area contributed by atoms with Crippen LogP contribution in [0.25, 0.3) is 0 Å². The van der Waals surface area contributed by atoms with Gasteiger partial charge in [0.15, 0.2) is 9.84 Å². The maximum atomic E-state index is 12.2. The molecule has 1 fully saturated rings. The standard InChI is InChI=1S/C16H24N2O2S/c1-18(2)16(9-5-6-10-16)12-17-14-11-21(19,20)15-8-4-3-7-13(14)15/h3-4,7-8,14,17H,5-6,9-12H2,1-2H3. The van der Waals surface area contributed by atoms with Crippen LogP contribution in [0.5, 0.6) is 0 Å². The molecule has 4 nitrogen and oxygen atoms in total. The van der Waals surface area contributed by atoms with E-state index in [0.29, 0.717) is 4.90 Å². The zero-order valence-electron chi connectivity index (χ0n) is 12.8. The molecule has 1 aliphatic heterocycles. The van der Waals surface area contributed by atoms with E-state index in [1.54, 1.807) is 12.1 Å². The first-order valence-corrected chi connectivity index (χ1v) is 9.32. The molecule has 1 N–H and O–H groups in total. The van der Waals surface area contributed by atoms with E-state index in [0.717, 1.165) is 12.1 Å². The van der Waals surface area contributed by atoms with Gasteiger partial charge in [0.1, 0.15) is 0 Å². The van der Waals surface area contributed by atoms with Crippen molar-refractivity contribution >= 4 is 9.84 Å². The van der Waals surface area contributed by atoms with Crippen LogP contribution in [0, 0.1) is 0 Å². The summed E-state index contributed by atoms with van der Waals surface area (Å²) in [7, 11) is 1.15. The smallest absolute Gasteiger partial charge is 0.180 e. The summed E-state index contributed by atoms with van der Waals surface area (Å²) in [6.07, 6.45) is 4.90. The van der Waals surface area contributed by atoms with E-state index in [1.165, 1.54) is 25.7 Å². The van der Waals surface area contributed by atoms with Crippen molar-refractivity contribution in [3.8, 4) is 0 Å². The van der Waals surface area contributed by atoms with Gasteiger partial charge in [-0.15, -0.1) is 0 Å². The predicted molar refractivity (Wildman–Crippen MR) is 84.1 cm³/mol. The van der Waals surface area contributed by atoms with Crippen LogP contribution < -0.4 is 5.32 Å². The Hall–Kier alpha value is -0.910. The van der Waals surface area contributed by atoms with Gasteiger partial charge in [-0.2, -0.15) is 0 Å². The Morgan fingerprint density at radius 3 is 2.57 bits per heavy atom. The maximum Gasteiger partial charge on any atom is 0.180 e. The molecule has 3 rings (SSSR count). The molecule has 1 aliphatic carbocycles. The Morgan fingerprint density at radius 2 is 1.90 bits per heavy atom. The third-order valence-electron chi connectivity index (χ3n) is 5.18. The molecule has 0 radical (unpaired) electrons.